The van der Waals surface area contributed by atoms with Crippen molar-refractivity contribution in [3.8, 4) is 51.3 Å². The van der Waals surface area contributed by atoms with Crippen LogP contribution in [0.4, 0.5) is 5.69 Å². The summed E-state index contributed by atoms with van der Waals surface area (Å²) >= 11 is 0. The number of aromatic nitrogens is 9. The van der Waals surface area contributed by atoms with E-state index in [9.17, 15) is 5.11 Å². The number of phenolic OH excluding ortho intramolecular Hbond substituents is 1. The Morgan fingerprint density at radius 3 is 1.53 bits per heavy atom. The molecule has 0 spiro atoms. The fraction of sp³-hybridized carbons (Fsp3) is 0.250. The van der Waals surface area contributed by atoms with Gasteiger partial charge in [0.1, 0.15) is 28.3 Å². The lowest BCUT2D eigenvalue weighted by Crippen LogP contribution is -2.10. The minimum absolute atomic E-state index is 0.102. The van der Waals surface area contributed by atoms with Gasteiger partial charge in [-0.1, -0.05) is 105 Å². The van der Waals surface area contributed by atoms with E-state index in [0.717, 1.165) is 66.2 Å². The highest BCUT2D eigenvalue weighted by Gasteiger charge is 2.27. The predicted octanol–water partition coefficient (Wildman–Crippen LogP) is 13.6. The van der Waals surface area contributed by atoms with E-state index < -0.39 is 0 Å². The molecule has 0 amide bonds. The number of nitrogens with one attached hydrogen (secondary N) is 2. The second kappa shape index (κ2) is 17.3. The molecular formula is C60H57N11O. The van der Waals surface area contributed by atoms with Crippen molar-refractivity contribution in [2.75, 3.05) is 6.54 Å². The zero-order chi connectivity index (χ0) is 50.3. The standard InChI is InChI=1S/C60H57N11O/c1-33-25-34(31-61-24-22-39-13-11-12-23-62-39)49(72)35(26-33)32-63-40-17-21-44-48(30-40)57-70-52-43-20-16-38(60(8,9)10)29-47(43)55(68-52)66-50-41-18-14-36(58(2,3)4)27-45(41)54(64-50)65-51-42-19-15-37(59(5,6)7)28-46(42)56(67-51)69-53(44)71-57/h11-21,23,25-32,72H,22,24H2,1-10H3,(H2,64,65,66,67,68,69,70,71). The van der Waals surface area contributed by atoms with Gasteiger partial charge in [-0.15, -0.1) is 0 Å². The molecule has 0 fully saturated rings. The number of pyridine rings is 1. The summed E-state index contributed by atoms with van der Waals surface area (Å²) in [5, 5.41) is 14.9. The van der Waals surface area contributed by atoms with E-state index in [1.807, 2.05) is 55.5 Å². The summed E-state index contributed by atoms with van der Waals surface area (Å²) in [6, 6.07) is 35.1. The summed E-state index contributed by atoms with van der Waals surface area (Å²) in [6.07, 6.45) is 5.89. The zero-order valence-electron chi connectivity index (χ0n) is 42.4. The van der Waals surface area contributed by atoms with Crippen LogP contribution in [0.2, 0.25) is 0 Å². The zero-order valence-corrected chi connectivity index (χ0v) is 42.4. The monoisotopic (exact) mass is 947 g/mol. The number of rotatable bonds is 6. The first kappa shape index (κ1) is 46.2. The Morgan fingerprint density at radius 2 is 0.986 bits per heavy atom. The Balaban J connectivity index is 1.13. The van der Waals surface area contributed by atoms with E-state index in [2.05, 4.69) is 137 Å². The molecule has 0 saturated carbocycles. The molecule has 0 atom stereocenters. The molecule has 0 aliphatic carbocycles. The Labute approximate surface area is 418 Å². The third kappa shape index (κ3) is 8.71. The molecule has 12 nitrogen and oxygen atoms in total. The molecule has 0 unspecified atom stereocenters. The van der Waals surface area contributed by atoms with Crippen molar-refractivity contribution in [3.05, 3.63) is 148 Å². The Morgan fingerprint density at radius 1 is 0.500 bits per heavy atom. The van der Waals surface area contributed by atoms with E-state index >= 15 is 0 Å². The van der Waals surface area contributed by atoms with Crippen LogP contribution in [0.15, 0.2) is 119 Å². The van der Waals surface area contributed by atoms with Gasteiger partial charge in [0.2, 0.25) is 0 Å². The second-order valence-corrected chi connectivity index (χ2v) is 22.0. The number of H-pyrrole nitrogens is 2. The topological polar surface area (TPSA) is 167 Å². The smallest absolute Gasteiger partial charge is 0.164 e. The number of fused-ring (bicyclic) bond motifs is 20. The van der Waals surface area contributed by atoms with Gasteiger partial charge in [-0.25, -0.2) is 29.9 Å². The lowest BCUT2D eigenvalue weighted by atomic mass is 9.85. The van der Waals surface area contributed by atoms with Gasteiger partial charge in [0.05, 0.1) is 5.69 Å². The molecule has 9 aromatic rings. The normalized spacial score (nSPS) is 12.9. The van der Waals surface area contributed by atoms with E-state index in [0.29, 0.717) is 75.7 Å². The van der Waals surface area contributed by atoms with Gasteiger partial charge in [0, 0.05) is 92.2 Å². The minimum atomic E-state index is -0.126. The number of hydrogen-bond donors (Lipinski definition) is 3. The molecule has 4 aromatic heterocycles. The van der Waals surface area contributed by atoms with E-state index in [-0.39, 0.29) is 22.0 Å². The number of aliphatic imine (C=N–C) groups is 2. The number of aromatic hydroxyl groups is 1. The molecule has 72 heavy (non-hydrogen) atoms. The largest absolute Gasteiger partial charge is 0.507 e. The van der Waals surface area contributed by atoms with Crippen molar-refractivity contribution in [1.82, 2.24) is 44.9 Å². The fourth-order valence-corrected chi connectivity index (χ4v) is 9.33. The van der Waals surface area contributed by atoms with Crippen molar-refractivity contribution < 1.29 is 5.11 Å². The lowest BCUT2D eigenvalue weighted by molar-refractivity contribution is 0.473. The minimum Gasteiger partial charge on any atom is -0.507 e. The molecule has 3 N–H and O–H groups in total. The molecule has 358 valence electrons. The first-order valence-corrected chi connectivity index (χ1v) is 24.5. The van der Waals surface area contributed by atoms with Crippen LogP contribution in [0.25, 0.3) is 89.7 Å². The summed E-state index contributed by atoms with van der Waals surface area (Å²) in [5.41, 5.74) is 12.9. The van der Waals surface area contributed by atoms with E-state index in [4.69, 9.17) is 34.9 Å². The maximum Gasteiger partial charge on any atom is 0.164 e. The molecule has 8 bridgehead atoms. The van der Waals surface area contributed by atoms with Gasteiger partial charge in [-0.3, -0.25) is 15.0 Å². The van der Waals surface area contributed by atoms with Crippen molar-refractivity contribution in [1.29, 1.82) is 0 Å². The SMILES string of the molecule is Cc1cc(C=NCCc2ccccn2)c(O)c(C=Nc2ccc3c4nc5nc(nc6[nH]c(nc7nc(nc([nH]4)c3c2)-c2ccc(C(C)(C)C)cc2-7)c2ccc(C(C)(C)C)cc62)-c2ccc(C(C)(C)C)cc2-5)c1. The van der Waals surface area contributed by atoms with E-state index in [1.165, 1.54) is 5.56 Å². The van der Waals surface area contributed by atoms with Crippen LogP contribution in [0.1, 0.15) is 101 Å². The number of aromatic amines is 2. The molecule has 11 rings (SSSR count). The molecule has 2 aliphatic heterocycles. The van der Waals surface area contributed by atoms with Crippen LogP contribution < -0.4 is 0 Å². The Hall–Kier alpha value is -8.25. The van der Waals surface area contributed by atoms with Gasteiger partial charge in [-0.2, -0.15) is 0 Å². The van der Waals surface area contributed by atoms with Crippen LogP contribution in [0.5, 0.6) is 5.75 Å². The van der Waals surface area contributed by atoms with Crippen LogP contribution in [0.3, 0.4) is 0 Å². The highest BCUT2D eigenvalue weighted by atomic mass is 16.3. The maximum atomic E-state index is 11.4. The van der Waals surface area contributed by atoms with Crippen LogP contribution in [-0.2, 0) is 22.7 Å². The number of hydrogen-bond acceptors (Lipinski definition) is 10. The molecule has 0 radical (unpaired) electrons. The maximum absolute atomic E-state index is 11.4. The summed E-state index contributed by atoms with van der Waals surface area (Å²) in [6.45, 7) is 22.4. The summed E-state index contributed by atoms with van der Waals surface area (Å²) in [5.74, 6) is 2.26. The first-order chi connectivity index (χ1) is 34.3. The number of nitrogens with zero attached hydrogens (tertiary/aromatic N) is 9. The fourth-order valence-electron chi connectivity index (χ4n) is 9.33. The van der Waals surface area contributed by atoms with Crippen LogP contribution in [0, 0.1) is 6.92 Å². The summed E-state index contributed by atoms with van der Waals surface area (Å²) in [7, 11) is 0. The number of aryl methyl sites for hydroxylation is 1. The highest BCUT2D eigenvalue weighted by molar-refractivity contribution is 6.07. The van der Waals surface area contributed by atoms with Gasteiger partial charge in [-0.05, 0) is 106 Å². The summed E-state index contributed by atoms with van der Waals surface area (Å²) < 4.78 is 0. The average molecular weight is 948 g/mol. The summed E-state index contributed by atoms with van der Waals surface area (Å²) in [4.78, 5) is 52.9. The van der Waals surface area contributed by atoms with Crippen molar-refractivity contribution in [3.63, 3.8) is 0 Å². The quantitative estimate of drug-likeness (QED) is 0.139. The Bertz CT molecular complexity index is 3880. The lowest BCUT2D eigenvalue weighted by Gasteiger charge is -2.19. The predicted molar refractivity (Wildman–Crippen MR) is 293 cm³/mol. The van der Waals surface area contributed by atoms with Gasteiger partial charge >= 0.3 is 0 Å². The average Bonchev–Trinajstić information content (AvgIpc) is 4.07. The molecule has 12 heteroatoms. The third-order valence-electron chi connectivity index (χ3n) is 13.5. The number of benzene rings is 5. The van der Waals surface area contributed by atoms with Gasteiger partial charge in [0.25, 0.3) is 0 Å². The molecule has 2 aliphatic rings. The second-order valence-electron chi connectivity index (χ2n) is 22.0. The van der Waals surface area contributed by atoms with Crippen molar-refractivity contribution in [2.24, 2.45) is 9.98 Å². The van der Waals surface area contributed by atoms with Crippen LogP contribution >= 0.6 is 0 Å². The molecular weight excluding hydrogens is 891 g/mol. The number of phenols is 1. The molecule has 0 saturated heterocycles. The Kier molecular flexibility index (Phi) is 11.1. The van der Waals surface area contributed by atoms with Crippen LogP contribution in [-0.4, -0.2) is 68.9 Å². The van der Waals surface area contributed by atoms with Gasteiger partial charge < -0.3 is 15.1 Å². The third-order valence-corrected chi connectivity index (χ3v) is 13.5. The molecule has 6 heterocycles. The van der Waals surface area contributed by atoms with Crippen molar-refractivity contribution >= 4 is 62.3 Å². The first-order valence-electron chi connectivity index (χ1n) is 24.5. The van der Waals surface area contributed by atoms with E-state index in [1.54, 1.807) is 18.6 Å². The van der Waals surface area contributed by atoms with Gasteiger partial charge in [0.15, 0.2) is 23.3 Å². The van der Waals surface area contributed by atoms with Crippen molar-refractivity contribution in [2.45, 2.75) is 91.9 Å². The highest BCUT2D eigenvalue weighted by Crippen LogP contribution is 2.41. The molecule has 5 aromatic carbocycles.